The molecule has 0 heterocycles. The van der Waals surface area contributed by atoms with Crippen LogP contribution in [0.1, 0.15) is 0 Å². The third kappa shape index (κ3) is 7.54. The van der Waals surface area contributed by atoms with Gasteiger partial charge in [-0.3, -0.25) is 0 Å². The molecular weight excluding hydrogens is 325 g/mol. The van der Waals surface area contributed by atoms with Crippen molar-refractivity contribution in [2.75, 3.05) is 12.4 Å². The maximum atomic E-state index is 9.69. The molecule has 1 unspecified atom stereocenters. The van der Waals surface area contributed by atoms with E-state index in [9.17, 15) is 5.11 Å². The van der Waals surface area contributed by atoms with Crippen molar-refractivity contribution in [3.63, 3.8) is 0 Å². The smallest absolute Gasteiger partial charge is 0.856 e. The van der Waals surface area contributed by atoms with E-state index < -0.39 is 0 Å². The van der Waals surface area contributed by atoms with Gasteiger partial charge in [-0.2, -0.15) is 12.4 Å². The van der Waals surface area contributed by atoms with Crippen LogP contribution in [-0.2, 0) is 25.3 Å². The second kappa shape index (κ2) is 7.54. The zero-order chi connectivity index (χ0) is 4.99. The first kappa shape index (κ1) is 11.4. The molecule has 0 aromatic carbocycles. The van der Waals surface area contributed by atoms with Crippen LogP contribution >= 0.6 is 0 Å². The molecule has 0 fully saturated rings. The van der Waals surface area contributed by atoms with Crippen LogP contribution in [0.25, 0.3) is 0 Å². The minimum Gasteiger partial charge on any atom is -0.856 e. The molecule has 7 heavy (non-hydrogen) atoms. The van der Waals surface area contributed by atoms with Crippen LogP contribution in [0.4, 0.5) is 0 Å². The maximum Gasteiger partial charge on any atom is 3.00 e. The van der Waals surface area contributed by atoms with E-state index in [-0.39, 0.29) is 38.1 Å². The molecule has 0 spiro atoms. The average molecular weight is 330 g/mol. The standard InChI is InChI=1S/C3H7OS2.Bi/c4-1-3(6)2-5;/h3,5-6H,1-2H2;/q-1;+3/p-2. The second-order valence-electron chi connectivity index (χ2n) is 0.955. The van der Waals surface area contributed by atoms with Crippen LogP contribution in [0.15, 0.2) is 0 Å². The molecule has 0 saturated heterocycles. The predicted molar refractivity (Wildman–Crippen MR) is 34.0 cm³/mol. The molecule has 0 aromatic rings. The van der Waals surface area contributed by atoms with Gasteiger partial charge in [0, 0.05) is 0 Å². The van der Waals surface area contributed by atoms with Gasteiger partial charge in [-0.05, 0) is 0 Å². The van der Waals surface area contributed by atoms with Crippen molar-refractivity contribution in [2.24, 2.45) is 0 Å². The Morgan fingerprint density at radius 3 is 2.00 bits per heavy atom. The van der Waals surface area contributed by atoms with Crippen LogP contribution in [0.3, 0.4) is 0 Å². The van der Waals surface area contributed by atoms with E-state index in [1.54, 1.807) is 0 Å². The van der Waals surface area contributed by atoms with E-state index in [0.29, 0.717) is 5.75 Å². The largest absolute Gasteiger partial charge is 3.00 e. The van der Waals surface area contributed by atoms with Crippen LogP contribution in [0.2, 0.25) is 0 Å². The number of rotatable bonds is 2. The molecule has 40 valence electrons. The normalized spacial score (nSPS) is 12.4. The van der Waals surface area contributed by atoms with Crippen molar-refractivity contribution in [3.8, 4) is 0 Å². The van der Waals surface area contributed by atoms with E-state index in [0.717, 1.165) is 0 Å². The Balaban J connectivity index is 0. The first-order valence-electron chi connectivity index (χ1n) is 1.63. The quantitative estimate of drug-likeness (QED) is 0.451. The minimum atomic E-state index is -0.222. The molecule has 0 aliphatic heterocycles. The first-order chi connectivity index (χ1) is 2.81. The second-order valence-corrected chi connectivity index (χ2v) is 1.96. The average Bonchev–Trinajstić information content (AvgIpc) is 1.65. The molecular formula is C3H5BiOS2. The van der Waals surface area contributed by atoms with Crippen LogP contribution < -0.4 is 5.11 Å². The van der Waals surface area contributed by atoms with Crippen molar-refractivity contribution in [2.45, 2.75) is 5.25 Å². The summed E-state index contributed by atoms with van der Waals surface area (Å²) in [6.45, 7) is -0.209. The molecule has 1 nitrogen and oxygen atoms in total. The Labute approximate surface area is 73.8 Å². The van der Waals surface area contributed by atoms with Gasteiger partial charge < -0.3 is 30.4 Å². The van der Waals surface area contributed by atoms with E-state index in [4.69, 9.17) is 0 Å². The van der Waals surface area contributed by atoms with Gasteiger partial charge in [0.05, 0.1) is 0 Å². The molecule has 0 rings (SSSR count). The summed E-state index contributed by atoms with van der Waals surface area (Å²) >= 11 is 8.99. The Hall–Kier alpha value is 1.54. The Morgan fingerprint density at radius 2 is 2.00 bits per heavy atom. The van der Waals surface area contributed by atoms with E-state index in [1.165, 1.54) is 0 Å². The third-order valence-electron chi connectivity index (χ3n) is 0.372. The Bertz CT molecular complexity index is 32.1. The summed E-state index contributed by atoms with van der Waals surface area (Å²) in [5, 5.41) is 9.47. The first-order valence-corrected chi connectivity index (χ1v) is 2.68. The van der Waals surface area contributed by atoms with Gasteiger partial charge >= 0.3 is 26.2 Å². The zero-order valence-electron chi connectivity index (χ0n) is 3.66. The molecule has 0 saturated carbocycles. The zero-order valence-corrected chi connectivity index (χ0v) is 8.77. The van der Waals surface area contributed by atoms with Gasteiger partial charge in [-0.25, -0.2) is 5.25 Å². The fraction of sp³-hybridized carbons (Fsp3) is 1.00. The summed E-state index contributed by atoms with van der Waals surface area (Å²) < 4.78 is 0. The molecule has 4 heteroatoms. The van der Waals surface area contributed by atoms with Crippen LogP contribution in [0, 0.1) is 0 Å². The van der Waals surface area contributed by atoms with Crippen molar-refractivity contribution in [1.29, 1.82) is 0 Å². The molecule has 2 radical (unpaired) electrons. The van der Waals surface area contributed by atoms with Crippen LogP contribution in [-0.4, -0.2) is 43.8 Å². The maximum absolute atomic E-state index is 9.69. The predicted octanol–water partition coefficient (Wildman–Crippen LogP) is -1.57. The Kier molecular flexibility index (Phi) is 12.2. The summed E-state index contributed by atoms with van der Waals surface area (Å²) in [6, 6.07) is 0. The van der Waals surface area contributed by atoms with Gasteiger partial charge in [0.2, 0.25) is 0 Å². The Morgan fingerprint density at radius 1 is 1.57 bits per heavy atom. The third-order valence-corrected chi connectivity index (χ3v) is 1.29. The molecule has 0 aromatic heterocycles. The fourth-order valence-corrected chi connectivity index (χ4v) is 0.144. The summed E-state index contributed by atoms with van der Waals surface area (Å²) in [5.74, 6) is 0.416. The summed E-state index contributed by atoms with van der Waals surface area (Å²) in [5.41, 5.74) is 0. The molecule has 0 amide bonds. The van der Waals surface area contributed by atoms with E-state index >= 15 is 0 Å². The van der Waals surface area contributed by atoms with Gasteiger partial charge in [-0.15, -0.1) is 0 Å². The topological polar surface area (TPSA) is 23.1 Å². The molecule has 1 atom stereocenters. The number of hydrogen-bond acceptors (Lipinski definition) is 3. The van der Waals surface area contributed by atoms with Crippen molar-refractivity contribution < 1.29 is 5.11 Å². The molecule has 0 N–H and O–H groups in total. The SMILES string of the molecule is [Bi+3].[O-]CC([S-])C[S-]. The van der Waals surface area contributed by atoms with E-state index in [2.05, 4.69) is 25.3 Å². The summed E-state index contributed by atoms with van der Waals surface area (Å²) in [7, 11) is 0. The van der Waals surface area contributed by atoms with Crippen molar-refractivity contribution >= 4 is 51.5 Å². The van der Waals surface area contributed by atoms with Crippen molar-refractivity contribution in [1.82, 2.24) is 0 Å². The number of hydrogen-bond donors (Lipinski definition) is 0. The van der Waals surface area contributed by atoms with Crippen LogP contribution in [0.5, 0.6) is 0 Å². The summed E-state index contributed by atoms with van der Waals surface area (Å²) in [4.78, 5) is 0. The molecule has 0 aliphatic rings. The van der Waals surface area contributed by atoms with E-state index in [1.807, 2.05) is 0 Å². The van der Waals surface area contributed by atoms with Gasteiger partial charge in [-0.1, -0.05) is 0 Å². The van der Waals surface area contributed by atoms with Crippen molar-refractivity contribution in [3.05, 3.63) is 0 Å². The summed E-state index contributed by atoms with van der Waals surface area (Å²) in [6.07, 6.45) is 0. The fourth-order valence-electron chi connectivity index (χ4n) is 0.0481. The van der Waals surface area contributed by atoms with Gasteiger partial charge in [0.15, 0.2) is 0 Å². The van der Waals surface area contributed by atoms with Gasteiger partial charge in [0.1, 0.15) is 0 Å². The van der Waals surface area contributed by atoms with Gasteiger partial charge in [0.25, 0.3) is 0 Å². The molecule has 0 aliphatic carbocycles. The minimum absolute atomic E-state index is 0. The monoisotopic (exact) mass is 330 g/mol. The molecule has 0 bridgehead atoms.